The van der Waals surface area contributed by atoms with Gasteiger partial charge in [0.05, 0.1) is 7.11 Å². The number of ether oxygens (including phenoxy) is 1. The van der Waals surface area contributed by atoms with Crippen molar-refractivity contribution in [2.24, 2.45) is 0 Å². The maximum absolute atomic E-state index is 11.6. The topological polar surface area (TPSA) is 56.5 Å². The van der Waals surface area contributed by atoms with E-state index in [0.29, 0.717) is 11.3 Å². The lowest BCUT2D eigenvalue weighted by Crippen LogP contribution is -2.10. The van der Waals surface area contributed by atoms with Crippen LogP contribution in [0.3, 0.4) is 0 Å². The Morgan fingerprint density at radius 3 is 2.94 bits per heavy atom. The van der Waals surface area contributed by atoms with Gasteiger partial charge in [-0.05, 0) is 18.6 Å². The van der Waals surface area contributed by atoms with Crippen LogP contribution in [-0.2, 0) is 11.2 Å². The third kappa shape index (κ3) is 1.64. The van der Waals surface area contributed by atoms with Crippen molar-refractivity contribution in [3.63, 3.8) is 0 Å². The number of hydrogen-bond acceptors (Lipinski definition) is 4. The predicted octanol–water partition coefficient (Wildman–Crippen LogP) is 1.47. The van der Waals surface area contributed by atoms with Crippen LogP contribution in [0.4, 0.5) is 0 Å². The van der Waals surface area contributed by atoms with Gasteiger partial charge >= 0.3 is 5.97 Å². The molecule has 0 saturated carbocycles. The Morgan fingerprint density at radius 2 is 2.25 bits per heavy atom. The summed E-state index contributed by atoms with van der Waals surface area (Å²) < 4.78 is 6.48. The van der Waals surface area contributed by atoms with Gasteiger partial charge in [-0.25, -0.2) is 4.79 Å². The van der Waals surface area contributed by atoms with Gasteiger partial charge in [0, 0.05) is 6.42 Å². The number of carbonyl (C=O) groups is 1. The van der Waals surface area contributed by atoms with E-state index >= 15 is 0 Å². The second kappa shape index (κ2) is 4.30. The van der Waals surface area contributed by atoms with Crippen LogP contribution in [-0.4, -0.2) is 27.7 Å². The minimum atomic E-state index is -0.372. The van der Waals surface area contributed by atoms with Gasteiger partial charge in [0.15, 0.2) is 5.65 Å². The van der Waals surface area contributed by atoms with E-state index in [1.807, 2.05) is 6.07 Å². The first-order valence-corrected chi connectivity index (χ1v) is 5.19. The number of rotatable bonds is 3. The summed E-state index contributed by atoms with van der Waals surface area (Å²) >= 11 is 0. The summed E-state index contributed by atoms with van der Waals surface area (Å²) in [5.41, 5.74) is 1.14. The van der Waals surface area contributed by atoms with Gasteiger partial charge in [-0.1, -0.05) is 13.0 Å². The van der Waals surface area contributed by atoms with E-state index in [4.69, 9.17) is 4.74 Å². The Hall–Kier alpha value is -1.91. The minimum absolute atomic E-state index is 0.372. The molecule has 2 rings (SSSR count). The molecule has 0 unspecified atom stereocenters. The van der Waals surface area contributed by atoms with E-state index in [1.54, 1.807) is 16.5 Å². The molecule has 0 saturated heterocycles. The van der Waals surface area contributed by atoms with E-state index in [0.717, 1.165) is 18.7 Å². The summed E-state index contributed by atoms with van der Waals surface area (Å²) in [5, 5.41) is 8.09. The van der Waals surface area contributed by atoms with E-state index in [1.165, 1.54) is 7.11 Å². The van der Waals surface area contributed by atoms with Gasteiger partial charge in [0.2, 0.25) is 0 Å². The molecule has 0 spiro atoms. The van der Waals surface area contributed by atoms with Crippen LogP contribution in [0, 0.1) is 0 Å². The molecule has 5 heteroatoms. The van der Waals surface area contributed by atoms with E-state index in [2.05, 4.69) is 17.1 Å². The molecule has 0 radical (unpaired) electrons. The predicted molar refractivity (Wildman–Crippen MR) is 58.3 cm³/mol. The molecule has 84 valence electrons. The first-order valence-electron chi connectivity index (χ1n) is 5.19. The van der Waals surface area contributed by atoms with Crippen LogP contribution >= 0.6 is 0 Å². The maximum Gasteiger partial charge on any atom is 0.355 e. The van der Waals surface area contributed by atoms with E-state index < -0.39 is 0 Å². The standard InChI is InChI=1S/C11H13N3O2/c1-3-5-9-12-13-10-7-4-6-8(14(9)10)11(15)16-2/h4,6-7H,3,5H2,1-2H3. The lowest BCUT2D eigenvalue weighted by Gasteiger charge is -2.04. The molecule has 2 aromatic rings. The summed E-state index contributed by atoms with van der Waals surface area (Å²) in [5.74, 6) is 0.418. The average molecular weight is 219 g/mol. The third-order valence-corrected chi connectivity index (χ3v) is 2.36. The fourth-order valence-corrected chi connectivity index (χ4v) is 1.65. The normalized spacial score (nSPS) is 10.6. The maximum atomic E-state index is 11.6. The number of nitrogens with zero attached hydrogens (tertiary/aromatic N) is 3. The molecule has 2 heterocycles. The van der Waals surface area contributed by atoms with Crippen LogP contribution in [0.1, 0.15) is 29.7 Å². The van der Waals surface area contributed by atoms with E-state index in [-0.39, 0.29) is 5.97 Å². The molecular weight excluding hydrogens is 206 g/mol. The van der Waals surface area contributed by atoms with Gasteiger partial charge in [0.25, 0.3) is 0 Å². The van der Waals surface area contributed by atoms with Crippen LogP contribution in [0.5, 0.6) is 0 Å². The molecule has 0 aliphatic heterocycles. The van der Waals surface area contributed by atoms with Crippen molar-refractivity contribution >= 4 is 11.6 Å². The first kappa shape index (κ1) is 10.6. The Morgan fingerprint density at radius 1 is 1.44 bits per heavy atom. The molecule has 0 bridgehead atoms. The lowest BCUT2D eigenvalue weighted by atomic mass is 10.3. The molecule has 0 aliphatic carbocycles. The number of aryl methyl sites for hydroxylation is 1. The Balaban J connectivity index is 2.63. The highest BCUT2D eigenvalue weighted by Gasteiger charge is 2.14. The zero-order chi connectivity index (χ0) is 11.5. The molecule has 0 amide bonds. The number of pyridine rings is 1. The summed E-state index contributed by atoms with van der Waals surface area (Å²) in [6, 6.07) is 5.30. The quantitative estimate of drug-likeness (QED) is 0.733. The number of methoxy groups -OCH3 is 1. The zero-order valence-electron chi connectivity index (χ0n) is 9.30. The van der Waals surface area contributed by atoms with Crippen LogP contribution in [0.15, 0.2) is 18.2 Å². The third-order valence-electron chi connectivity index (χ3n) is 2.36. The van der Waals surface area contributed by atoms with Crippen molar-refractivity contribution in [1.29, 1.82) is 0 Å². The van der Waals surface area contributed by atoms with Gasteiger partial charge in [-0.2, -0.15) is 0 Å². The van der Waals surface area contributed by atoms with Crippen LogP contribution in [0.2, 0.25) is 0 Å². The zero-order valence-corrected chi connectivity index (χ0v) is 9.30. The summed E-state index contributed by atoms with van der Waals surface area (Å²) in [4.78, 5) is 11.6. The van der Waals surface area contributed by atoms with Crippen molar-refractivity contribution in [3.8, 4) is 0 Å². The first-order chi connectivity index (χ1) is 7.77. The van der Waals surface area contributed by atoms with Crippen molar-refractivity contribution < 1.29 is 9.53 Å². The lowest BCUT2D eigenvalue weighted by molar-refractivity contribution is 0.0592. The number of esters is 1. The van der Waals surface area contributed by atoms with Gasteiger partial charge < -0.3 is 4.74 Å². The Kier molecular flexibility index (Phi) is 2.85. The van der Waals surface area contributed by atoms with E-state index in [9.17, 15) is 4.79 Å². The Labute approximate surface area is 93.1 Å². The second-order valence-corrected chi connectivity index (χ2v) is 3.46. The van der Waals surface area contributed by atoms with Crippen molar-refractivity contribution in [2.75, 3.05) is 7.11 Å². The minimum Gasteiger partial charge on any atom is -0.464 e. The highest BCUT2D eigenvalue weighted by atomic mass is 16.5. The Bertz CT molecular complexity index is 519. The highest BCUT2D eigenvalue weighted by Crippen LogP contribution is 2.11. The number of carbonyl (C=O) groups excluding carboxylic acids is 1. The second-order valence-electron chi connectivity index (χ2n) is 3.46. The molecule has 0 fully saturated rings. The highest BCUT2D eigenvalue weighted by molar-refractivity contribution is 5.88. The average Bonchev–Trinajstić information content (AvgIpc) is 2.72. The summed E-state index contributed by atoms with van der Waals surface area (Å²) in [6.07, 6.45) is 1.74. The smallest absolute Gasteiger partial charge is 0.355 e. The van der Waals surface area contributed by atoms with Gasteiger partial charge in [0.1, 0.15) is 11.5 Å². The SMILES string of the molecule is CCCc1nnc2cccc(C(=O)OC)n12. The monoisotopic (exact) mass is 219 g/mol. The van der Waals surface area contributed by atoms with Gasteiger partial charge in [-0.15, -0.1) is 10.2 Å². The molecule has 0 atom stereocenters. The number of hydrogen-bond donors (Lipinski definition) is 0. The molecule has 5 nitrogen and oxygen atoms in total. The molecule has 0 aliphatic rings. The molecule has 0 aromatic carbocycles. The van der Waals surface area contributed by atoms with Crippen LogP contribution in [0.25, 0.3) is 5.65 Å². The molecule has 0 N–H and O–H groups in total. The summed E-state index contributed by atoms with van der Waals surface area (Å²) in [6.45, 7) is 2.06. The number of fused-ring (bicyclic) bond motifs is 1. The number of aromatic nitrogens is 3. The molecule has 2 aromatic heterocycles. The van der Waals surface area contributed by atoms with Crippen molar-refractivity contribution in [1.82, 2.24) is 14.6 Å². The van der Waals surface area contributed by atoms with Gasteiger partial charge in [-0.3, -0.25) is 4.40 Å². The van der Waals surface area contributed by atoms with Crippen LogP contribution < -0.4 is 0 Å². The fraction of sp³-hybridized carbons (Fsp3) is 0.364. The van der Waals surface area contributed by atoms with Crippen molar-refractivity contribution in [2.45, 2.75) is 19.8 Å². The fourth-order valence-electron chi connectivity index (χ4n) is 1.65. The largest absolute Gasteiger partial charge is 0.464 e. The molecular formula is C11H13N3O2. The molecule has 16 heavy (non-hydrogen) atoms. The summed E-state index contributed by atoms with van der Waals surface area (Å²) in [7, 11) is 1.37. The van der Waals surface area contributed by atoms with Crippen molar-refractivity contribution in [3.05, 3.63) is 29.7 Å².